The molecule has 172 valence electrons. The van der Waals surface area contributed by atoms with E-state index < -0.39 is 5.97 Å². The van der Waals surface area contributed by atoms with Gasteiger partial charge in [0.1, 0.15) is 11.3 Å². The Morgan fingerprint density at radius 3 is 1.91 bits per heavy atom. The van der Waals surface area contributed by atoms with Gasteiger partial charge in [-0.25, -0.2) is 4.79 Å². The van der Waals surface area contributed by atoms with E-state index in [4.69, 9.17) is 5.11 Å². The molecular weight excluding hydrogens is 402 g/mol. The number of rotatable bonds is 15. The van der Waals surface area contributed by atoms with Gasteiger partial charge in [-0.2, -0.15) is 0 Å². The molecule has 0 radical (unpaired) electrons. The molecule has 0 heterocycles. The highest BCUT2D eigenvalue weighted by Crippen LogP contribution is 2.21. The lowest BCUT2D eigenvalue weighted by Crippen LogP contribution is -2.11. The average molecular weight is 438 g/mol. The molecule has 1 rings (SSSR count). The van der Waals surface area contributed by atoms with Crippen molar-refractivity contribution in [3.8, 4) is 5.75 Å². The topological polar surface area (TPSA) is 86.6 Å². The van der Waals surface area contributed by atoms with Crippen molar-refractivity contribution in [1.82, 2.24) is 0 Å². The van der Waals surface area contributed by atoms with Gasteiger partial charge in [0.15, 0.2) is 0 Å². The van der Waals surface area contributed by atoms with Crippen LogP contribution in [0.3, 0.4) is 0 Å². The predicted molar refractivity (Wildman–Crippen MR) is 132 cm³/mol. The van der Waals surface area contributed by atoms with Gasteiger partial charge in [-0.05, 0) is 63.1 Å². The lowest BCUT2D eigenvalue weighted by Gasteiger charge is -2.06. The highest BCUT2D eigenvalue weighted by molar-refractivity contribution is 5.95. The number of carboxylic acids is 1. The van der Waals surface area contributed by atoms with Crippen LogP contribution in [0.25, 0.3) is 0 Å². The number of unbranched alkanes of at least 4 members (excludes halogenated alkanes) is 1. The van der Waals surface area contributed by atoms with Crippen molar-refractivity contribution < 1.29 is 19.8 Å². The number of anilines is 1. The molecule has 0 aromatic heterocycles. The Bertz CT molecular complexity index is 847. The number of carbonyl (C=O) groups excluding carboxylic acids is 1. The molecule has 0 saturated heterocycles. The van der Waals surface area contributed by atoms with Crippen LogP contribution in [0.4, 0.5) is 5.69 Å². The molecular formula is C27H35NO4. The molecule has 1 aromatic rings. The van der Waals surface area contributed by atoms with Gasteiger partial charge in [-0.15, -0.1) is 0 Å². The van der Waals surface area contributed by atoms with Gasteiger partial charge in [0.2, 0.25) is 5.91 Å². The Balaban J connectivity index is 2.12. The number of hydrogen-bond donors (Lipinski definition) is 3. The summed E-state index contributed by atoms with van der Waals surface area (Å²) in [6.07, 6.45) is 28.2. The summed E-state index contributed by atoms with van der Waals surface area (Å²) in [7, 11) is 0. The maximum atomic E-state index is 12.0. The largest absolute Gasteiger partial charge is 0.507 e. The Kier molecular flexibility index (Phi) is 14.5. The summed E-state index contributed by atoms with van der Waals surface area (Å²) >= 11 is 0. The summed E-state index contributed by atoms with van der Waals surface area (Å²) in [5, 5.41) is 21.1. The van der Waals surface area contributed by atoms with Crippen molar-refractivity contribution in [2.75, 3.05) is 5.32 Å². The normalized spacial score (nSPS) is 12.2. The first-order chi connectivity index (χ1) is 15.5. The number of phenols is 1. The van der Waals surface area contributed by atoms with E-state index in [1.54, 1.807) is 0 Å². The summed E-state index contributed by atoms with van der Waals surface area (Å²) < 4.78 is 0. The summed E-state index contributed by atoms with van der Waals surface area (Å²) in [5.41, 5.74) is 0.127. The minimum Gasteiger partial charge on any atom is -0.507 e. The SMILES string of the molecule is CCC=CCC=CCC=CCC=CCC=CCCCC(=O)Nc1ccc(O)c(C(=O)O)c1. The molecule has 0 bridgehead atoms. The maximum absolute atomic E-state index is 12.0. The third-order valence-corrected chi connectivity index (χ3v) is 4.44. The van der Waals surface area contributed by atoms with Gasteiger partial charge in [-0.3, -0.25) is 4.79 Å². The molecule has 0 unspecified atom stereocenters. The van der Waals surface area contributed by atoms with Crippen LogP contribution in [0.5, 0.6) is 5.75 Å². The molecule has 0 aliphatic rings. The first kappa shape index (κ1) is 26.7. The maximum Gasteiger partial charge on any atom is 0.339 e. The highest BCUT2D eigenvalue weighted by atomic mass is 16.4. The lowest BCUT2D eigenvalue weighted by molar-refractivity contribution is -0.116. The molecule has 3 N–H and O–H groups in total. The van der Waals surface area contributed by atoms with Crippen LogP contribution in [0.15, 0.2) is 79.0 Å². The Hall–Kier alpha value is -3.34. The number of carboxylic acid groups (broad SMARTS) is 1. The number of nitrogens with one attached hydrogen (secondary N) is 1. The Morgan fingerprint density at radius 1 is 0.844 bits per heavy atom. The van der Waals surface area contributed by atoms with E-state index in [9.17, 15) is 14.7 Å². The van der Waals surface area contributed by atoms with Crippen LogP contribution in [0.1, 0.15) is 68.6 Å². The number of allylic oxidation sites excluding steroid dienone is 10. The Labute approximate surface area is 191 Å². The third kappa shape index (κ3) is 13.1. The van der Waals surface area contributed by atoms with Gasteiger partial charge in [0.25, 0.3) is 0 Å². The molecule has 5 nitrogen and oxygen atoms in total. The summed E-state index contributed by atoms with van der Waals surface area (Å²) in [6, 6.07) is 3.99. The van der Waals surface area contributed by atoms with E-state index in [-0.39, 0.29) is 17.2 Å². The first-order valence-electron chi connectivity index (χ1n) is 11.2. The predicted octanol–water partition coefficient (Wildman–Crippen LogP) is 6.95. The molecule has 1 amide bonds. The summed E-state index contributed by atoms with van der Waals surface area (Å²) in [4.78, 5) is 23.0. The van der Waals surface area contributed by atoms with Crippen molar-refractivity contribution in [3.63, 3.8) is 0 Å². The molecule has 0 aliphatic heterocycles. The van der Waals surface area contributed by atoms with Gasteiger partial charge in [-0.1, -0.05) is 67.7 Å². The quantitative estimate of drug-likeness (QED) is 0.157. The monoisotopic (exact) mass is 437 g/mol. The number of carbonyl (C=O) groups is 2. The van der Waals surface area contributed by atoms with Crippen LogP contribution in [0, 0.1) is 0 Å². The fourth-order valence-corrected chi connectivity index (χ4v) is 2.76. The zero-order chi connectivity index (χ0) is 23.4. The zero-order valence-electron chi connectivity index (χ0n) is 18.9. The van der Waals surface area contributed by atoms with Crippen molar-refractivity contribution in [3.05, 3.63) is 84.5 Å². The van der Waals surface area contributed by atoms with Crippen LogP contribution >= 0.6 is 0 Å². The number of aromatic carboxylic acids is 1. The number of amides is 1. The van der Waals surface area contributed by atoms with Crippen LogP contribution < -0.4 is 5.32 Å². The molecule has 0 fully saturated rings. The average Bonchev–Trinajstić information content (AvgIpc) is 2.77. The number of aromatic hydroxyl groups is 1. The van der Waals surface area contributed by atoms with Crippen LogP contribution in [-0.2, 0) is 4.79 Å². The molecule has 5 heteroatoms. The van der Waals surface area contributed by atoms with Gasteiger partial charge in [0.05, 0.1) is 0 Å². The summed E-state index contributed by atoms with van der Waals surface area (Å²) in [5.74, 6) is -1.75. The fourth-order valence-electron chi connectivity index (χ4n) is 2.76. The second kappa shape index (κ2) is 17.4. The molecule has 1 aromatic carbocycles. The smallest absolute Gasteiger partial charge is 0.339 e. The molecule has 0 saturated carbocycles. The van der Waals surface area contributed by atoms with E-state index in [0.29, 0.717) is 18.5 Å². The minimum absolute atomic E-state index is 0.181. The second-order valence-electron chi connectivity index (χ2n) is 7.19. The number of benzene rings is 1. The van der Waals surface area contributed by atoms with Crippen LogP contribution in [-0.4, -0.2) is 22.1 Å². The van der Waals surface area contributed by atoms with E-state index in [1.807, 2.05) is 0 Å². The first-order valence-corrected chi connectivity index (χ1v) is 11.2. The van der Waals surface area contributed by atoms with Crippen molar-refractivity contribution in [2.24, 2.45) is 0 Å². The van der Waals surface area contributed by atoms with E-state index in [2.05, 4.69) is 73.0 Å². The molecule has 0 spiro atoms. The lowest BCUT2D eigenvalue weighted by atomic mass is 10.1. The fraction of sp³-hybridized carbons (Fsp3) is 0.333. The number of hydrogen-bond acceptors (Lipinski definition) is 3. The zero-order valence-corrected chi connectivity index (χ0v) is 18.9. The summed E-state index contributed by atoms with van der Waals surface area (Å²) in [6.45, 7) is 2.14. The second-order valence-corrected chi connectivity index (χ2v) is 7.19. The third-order valence-electron chi connectivity index (χ3n) is 4.44. The van der Waals surface area contributed by atoms with Gasteiger partial charge >= 0.3 is 5.97 Å². The van der Waals surface area contributed by atoms with E-state index in [0.717, 1.165) is 38.5 Å². The minimum atomic E-state index is -1.24. The molecule has 32 heavy (non-hydrogen) atoms. The van der Waals surface area contributed by atoms with Gasteiger partial charge < -0.3 is 15.5 Å². The van der Waals surface area contributed by atoms with E-state index >= 15 is 0 Å². The van der Waals surface area contributed by atoms with E-state index in [1.165, 1.54) is 18.2 Å². The van der Waals surface area contributed by atoms with Crippen molar-refractivity contribution in [1.29, 1.82) is 0 Å². The van der Waals surface area contributed by atoms with Crippen molar-refractivity contribution in [2.45, 2.75) is 58.3 Å². The Morgan fingerprint density at radius 2 is 1.38 bits per heavy atom. The highest BCUT2D eigenvalue weighted by Gasteiger charge is 2.11. The van der Waals surface area contributed by atoms with Crippen molar-refractivity contribution >= 4 is 17.6 Å². The molecule has 0 aliphatic carbocycles. The standard InChI is InChI=1S/C27H35NO4/c1-2-3-4-5-6-7-8-9-10-11-12-13-14-15-16-17-18-19-26(30)28-23-20-21-25(29)24(22-23)27(31)32/h3-4,6-7,9-10,12-13,15-16,20-22,29H,2,5,8,11,14,17-19H2,1H3,(H,28,30)(H,31,32). The van der Waals surface area contributed by atoms with Gasteiger partial charge in [0, 0.05) is 12.1 Å². The van der Waals surface area contributed by atoms with Crippen LogP contribution in [0.2, 0.25) is 0 Å². The molecule has 0 atom stereocenters.